The van der Waals surface area contributed by atoms with Gasteiger partial charge in [-0.25, -0.2) is 8.42 Å². The molecule has 0 atom stereocenters. The molecule has 1 aromatic carbocycles. The van der Waals surface area contributed by atoms with E-state index in [9.17, 15) is 31.6 Å². The van der Waals surface area contributed by atoms with Gasteiger partial charge in [-0.3, -0.25) is 19.3 Å². The first-order valence-corrected chi connectivity index (χ1v) is 11.6. The molecule has 14 heteroatoms. The van der Waals surface area contributed by atoms with Crippen molar-refractivity contribution < 1.29 is 41.1 Å². The highest BCUT2D eigenvalue weighted by Crippen LogP contribution is 2.34. The number of methoxy groups -OCH3 is 1. The zero-order valence-corrected chi connectivity index (χ0v) is 19.0. The number of rotatable bonds is 10. The average Bonchev–Trinajstić information content (AvgIpc) is 2.95. The molecule has 2 rings (SSSR count). The topological polar surface area (TPSA) is 122 Å². The van der Waals surface area contributed by atoms with Gasteiger partial charge in [-0.15, -0.1) is 0 Å². The van der Waals surface area contributed by atoms with Crippen LogP contribution in [0.25, 0.3) is 6.08 Å². The number of carbonyl (C=O) groups excluding carboxylic acids is 3. The number of nitrogens with zero attached hydrogens (tertiary/aromatic N) is 2. The number of benzene rings is 1. The van der Waals surface area contributed by atoms with E-state index in [0.29, 0.717) is 17.3 Å². The molecule has 32 heavy (non-hydrogen) atoms. The van der Waals surface area contributed by atoms with Gasteiger partial charge in [0, 0.05) is 20.1 Å². The number of ether oxygens (including phenoxy) is 2. The summed E-state index contributed by atoms with van der Waals surface area (Å²) in [6.45, 7) is -3.59. The maximum absolute atomic E-state index is 12.5. The standard InChI is InChI=1S/C18H21F2N3O7S2/c1-22(32(3,27)28)10-15(24)21-6-7-23-16(25)14(31-18(23)26)9-11-4-5-12(30-17(19)20)13(8-11)29-2/h4-5,8-9,17H,6-7,10H2,1-3H3,(H,21,24)/b14-9-. The molecule has 0 saturated carbocycles. The Hall–Kier alpha value is -2.71. The number of halogens is 2. The van der Waals surface area contributed by atoms with E-state index in [2.05, 4.69) is 10.1 Å². The van der Waals surface area contributed by atoms with Gasteiger partial charge in [0.25, 0.3) is 11.1 Å². The van der Waals surface area contributed by atoms with Crippen LogP contribution in [-0.4, -0.2) is 81.3 Å². The fourth-order valence-electron chi connectivity index (χ4n) is 2.49. The lowest BCUT2D eigenvalue weighted by molar-refractivity contribution is -0.124. The lowest BCUT2D eigenvalue weighted by atomic mass is 10.2. The number of hydrogen-bond donors (Lipinski definition) is 1. The van der Waals surface area contributed by atoms with E-state index in [1.54, 1.807) is 0 Å². The number of imide groups is 1. The molecule has 0 aromatic heterocycles. The number of hydrogen-bond acceptors (Lipinski definition) is 8. The Morgan fingerprint density at radius 2 is 2.00 bits per heavy atom. The molecule has 1 aliphatic heterocycles. The van der Waals surface area contributed by atoms with Crippen molar-refractivity contribution in [1.82, 2.24) is 14.5 Å². The maximum Gasteiger partial charge on any atom is 0.387 e. The Kier molecular flexibility index (Phi) is 8.58. The van der Waals surface area contributed by atoms with Gasteiger partial charge in [0.05, 0.1) is 24.8 Å². The second-order valence-corrected chi connectivity index (χ2v) is 9.57. The summed E-state index contributed by atoms with van der Waals surface area (Å²) < 4.78 is 57.7. The number of sulfonamides is 1. The van der Waals surface area contributed by atoms with Crippen molar-refractivity contribution in [2.45, 2.75) is 6.61 Å². The Morgan fingerprint density at radius 1 is 1.31 bits per heavy atom. The Labute approximate surface area is 187 Å². The molecule has 0 spiro atoms. The SMILES string of the molecule is COc1cc(/C=C2\SC(=O)N(CCNC(=O)CN(C)S(C)(=O)=O)C2=O)ccc1OC(F)F. The Balaban J connectivity index is 2.00. The quantitative estimate of drug-likeness (QED) is 0.485. The van der Waals surface area contributed by atoms with Crippen LogP contribution in [0.2, 0.25) is 0 Å². The van der Waals surface area contributed by atoms with Gasteiger partial charge >= 0.3 is 6.61 Å². The molecule has 176 valence electrons. The van der Waals surface area contributed by atoms with E-state index >= 15 is 0 Å². The lowest BCUT2D eigenvalue weighted by Crippen LogP contribution is -2.41. The summed E-state index contributed by atoms with van der Waals surface area (Å²) in [4.78, 5) is 37.5. The number of nitrogens with one attached hydrogen (secondary N) is 1. The van der Waals surface area contributed by atoms with Crippen LogP contribution in [0.5, 0.6) is 11.5 Å². The van der Waals surface area contributed by atoms with Crippen LogP contribution in [0, 0.1) is 0 Å². The summed E-state index contributed by atoms with van der Waals surface area (Å²) in [5.74, 6) is -1.32. The third kappa shape index (κ3) is 6.90. The summed E-state index contributed by atoms with van der Waals surface area (Å²) in [6.07, 6.45) is 2.36. The largest absolute Gasteiger partial charge is 0.493 e. The predicted octanol–water partition coefficient (Wildman–Crippen LogP) is 1.34. The molecule has 1 heterocycles. The number of carbonyl (C=O) groups is 3. The maximum atomic E-state index is 12.5. The number of thioether (sulfide) groups is 1. The van der Waals surface area contributed by atoms with E-state index < -0.39 is 40.2 Å². The molecule has 1 aliphatic rings. The normalized spacial score (nSPS) is 15.7. The van der Waals surface area contributed by atoms with Gasteiger partial charge in [-0.1, -0.05) is 6.07 Å². The summed E-state index contributed by atoms with van der Waals surface area (Å²) in [5, 5.41) is 1.90. The minimum Gasteiger partial charge on any atom is -0.493 e. The first kappa shape index (κ1) is 25.5. The van der Waals surface area contributed by atoms with Crippen LogP contribution in [0.3, 0.4) is 0 Å². The number of alkyl halides is 2. The highest BCUT2D eigenvalue weighted by molar-refractivity contribution is 8.18. The zero-order valence-electron chi connectivity index (χ0n) is 17.3. The summed E-state index contributed by atoms with van der Waals surface area (Å²) in [6, 6.07) is 4.06. The molecule has 10 nitrogen and oxygen atoms in total. The van der Waals surface area contributed by atoms with Crippen molar-refractivity contribution in [3.05, 3.63) is 28.7 Å². The number of likely N-dealkylation sites (N-methyl/N-ethyl adjacent to an activating group) is 1. The first-order chi connectivity index (χ1) is 14.9. The molecule has 0 bridgehead atoms. The van der Waals surface area contributed by atoms with Gasteiger partial charge in [0.2, 0.25) is 15.9 Å². The minimum absolute atomic E-state index is 0.0278. The van der Waals surface area contributed by atoms with Gasteiger partial charge in [0.1, 0.15) is 0 Å². The smallest absolute Gasteiger partial charge is 0.387 e. The fraction of sp³-hybridized carbons (Fsp3) is 0.389. The molecular weight excluding hydrogens is 472 g/mol. The van der Waals surface area contributed by atoms with Gasteiger partial charge in [-0.2, -0.15) is 13.1 Å². The van der Waals surface area contributed by atoms with Crippen molar-refractivity contribution in [2.24, 2.45) is 0 Å². The molecule has 0 radical (unpaired) electrons. The second-order valence-electron chi connectivity index (χ2n) is 6.49. The van der Waals surface area contributed by atoms with Crippen LogP contribution in [0.1, 0.15) is 5.56 Å². The highest BCUT2D eigenvalue weighted by Gasteiger charge is 2.34. The third-order valence-corrected chi connectivity index (χ3v) is 6.33. The molecule has 1 saturated heterocycles. The molecule has 0 unspecified atom stereocenters. The van der Waals surface area contributed by atoms with Crippen LogP contribution < -0.4 is 14.8 Å². The highest BCUT2D eigenvalue weighted by atomic mass is 32.2. The molecule has 1 N–H and O–H groups in total. The van der Waals surface area contributed by atoms with Gasteiger partial charge in [0.15, 0.2) is 11.5 Å². The molecule has 1 aromatic rings. The van der Waals surface area contributed by atoms with Crippen molar-refractivity contribution in [2.75, 3.05) is 40.0 Å². The van der Waals surface area contributed by atoms with E-state index in [1.807, 2.05) is 0 Å². The second kappa shape index (κ2) is 10.7. The monoisotopic (exact) mass is 493 g/mol. The molecule has 1 fully saturated rings. The van der Waals surface area contributed by atoms with E-state index in [-0.39, 0.29) is 29.5 Å². The summed E-state index contributed by atoms with van der Waals surface area (Å²) in [7, 11) is -0.999. The van der Waals surface area contributed by atoms with E-state index in [4.69, 9.17) is 4.74 Å². The number of amides is 3. The van der Waals surface area contributed by atoms with Crippen LogP contribution in [0.15, 0.2) is 23.1 Å². The van der Waals surface area contributed by atoms with Gasteiger partial charge in [-0.05, 0) is 35.5 Å². The Bertz CT molecular complexity index is 1030. The summed E-state index contributed by atoms with van der Waals surface area (Å²) >= 11 is 0.684. The van der Waals surface area contributed by atoms with Crippen molar-refractivity contribution >= 4 is 44.9 Å². The summed E-state index contributed by atoms with van der Waals surface area (Å²) in [5.41, 5.74) is 0.422. The zero-order chi connectivity index (χ0) is 24.1. The van der Waals surface area contributed by atoms with Crippen molar-refractivity contribution in [1.29, 1.82) is 0 Å². The average molecular weight is 494 g/mol. The molecular formula is C18H21F2N3O7S2. The van der Waals surface area contributed by atoms with Crippen LogP contribution in [0.4, 0.5) is 13.6 Å². The third-order valence-electron chi connectivity index (χ3n) is 4.17. The van der Waals surface area contributed by atoms with E-state index in [1.165, 1.54) is 38.4 Å². The molecule has 3 amide bonds. The lowest BCUT2D eigenvalue weighted by Gasteiger charge is -2.15. The predicted molar refractivity (Wildman–Crippen MR) is 113 cm³/mol. The first-order valence-electron chi connectivity index (χ1n) is 8.98. The van der Waals surface area contributed by atoms with Crippen molar-refractivity contribution in [3.63, 3.8) is 0 Å². The van der Waals surface area contributed by atoms with Crippen molar-refractivity contribution in [3.8, 4) is 11.5 Å². The van der Waals surface area contributed by atoms with Gasteiger partial charge < -0.3 is 14.8 Å². The van der Waals surface area contributed by atoms with E-state index in [0.717, 1.165) is 15.5 Å². The fourth-order valence-corrected chi connectivity index (χ4v) is 3.71. The van der Waals surface area contributed by atoms with Crippen LogP contribution >= 0.6 is 11.8 Å². The van der Waals surface area contributed by atoms with Crippen LogP contribution in [-0.2, 0) is 19.6 Å². The Morgan fingerprint density at radius 3 is 2.59 bits per heavy atom. The minimum atomic E-state index is -3.52. The molecule has 0 aliphatic carbocycles.